The molecule has 0 radical (unpaired) electrons. The van der Waals surface area contributed by atoms with Gasteiger partial charge in [0.15, 0.2) is 0 Å². The van der Waals surface area contributed by atoms with Crippen molar-refractivity contribution in [3.05, 3.63) is 53.6 Å². The van der Waals surface area contributed by atoms with Crippen LogP contribution in [0, 0.1) is 6.92 Å². The predicted octanol–water partition coefficient (Wildman–Crippen LogP) is 3.65. The summed E-state index contributed by atoms with van der Waals surface area (Å²) < 4.78 is 0. The molecule has 0 atom stereocenters. The fourth-order valence-electron chi connectivity index (χ4n) is 1.86. The number of halogens is 1. The van der Waals surface area contributed by atoms with E-state index in [-0.39, 0.29) is 0 Å². The maximum Gasteiger partial charge on any atom is 0.129 e. The first-order valence-corrected chi connectivity index (χ1v) is 5.95. The van der Waals surface area contributed by atoms with Gasteiger partial charge in [-0.25, -0.2) is 4.98 Å². The number of nitrogens with zero attached hydrogens (tertiary/aromatic N) is 3. The lowest BCUT2D eigenvalue weighted by Crippen LogP contribution is -1.87. The molecule has 3 aromatic rings. The molecule has 0 aliphatic carbocycles. The Bertz CT molecular complexity index is 725. The summed E-state index contributed by atoms with van der Waals surface area (Å²) in [5.41, 5.74) is 4.72. The first-order valence-electron chi connectivity index (χ1n) is 5.58. The van der Waals surface area contributed by atoms with Crippen LogP contribution in [0.15, 0.2) is 42.7 Å². The molecule has 3 aromatic heterocycles. The van der Waals surface area contributed by atoms with Crippen molar-refractivity contribution in [3.8, 4) is 11.1 Å². The average molecular weight is 256 g/mol. The molecule has 0 aliphatic heterocycles. The van der Waals surface area contributed by atoms with Gasteiger partial charge in [0.1, 0.15) is 5.15 Å². The Morgan fingerprint density at radius 3 is 2.67 bits per heavy atom. The van der Waals surface area contributed by atoms with Crippen LogP contribution in [0.1, 0.15) is 5.69 Å². The van der Waals surface area contributed by atoms with Crippen LogP contribution < -0.4 is 0 Å². The summed E-state index contributed by atoms with van der Waals surface area (Å²) in [6.45, 7) is 1.97. The van der Waals surface area contributed by atoms with Crippen molar-refractivity contribution >= 4 is 22.6 Å². The molecule has 4 heteroatoms. The zero-order chi connectivity index (χ0) is 12.5. The number of aryl methyl sites for hydroxylation is 1. The van der Waals surface area contributed by atoms with Crippen LogP contribution in [0.4, 0.5) is 0 Å². The predicted molar refractivity (Wildman–Crippen MR) is 72.5 cm³/mol. The third-order valence-electron chi connectivity index (χ3n) is 2.73. The highest BCUT2D eigenvalue weighted by Crippen LogP contribution is 2.22. The van der Waals surface area contributed by atoms with Crippen LogP contribution in [-0.2, 0) is 0 Å². The van der Waals surface area contributed by atoms with Crippen LogP contribution in [0.25, 0.3) is 22.2 Å². The Hall–Kier alpha value is -2.00. The molecular weight excluding hydrogens is 246 g/mol. The Kier molecular flexibility index (Phi) is 2.68. The fraction of sp³-hybridized carbons (Fsp3) is 0.0714. The number of aromatic nitrogens is 3. The zero-order valence-electron chi connectivity index (χ0n) is 9.76. The molecule has 18 heavy (non-hydrogen) atoms. The van der Waals surface area contributed by atoms with Crippen molar-refractivity contribution < 1.29 is 0 Å². The van der Waals surface area contributed by atoms with Crippen LogP contribution in [0.3, 0.4) is 0 Å². The van der Waals surface area contributed by atoms with Crippen molar-refractivity contribution in [2.75, 3.05) is 0 Å². The van der Waals surface area contributed by atoms with Crippen molar-refractivity contribution in [2.45, 2.75) is 6.92 Å². The van der Waals surface area contributed by atoms with Gasteiger partial charge in [-0.05, 0) is 42.8 Å². The summed E-state index contributed by atoms with van der Waals surface area (Å²) in [6, 6.07) is 9.58. The minimum absolute atomic E-state index is 0.479. The molecule has 3 heterocycles. The van der Waals surface area contributed by atoms with Crippen LogP contribution in [-0.4, -0.2) is 15.0 Å². The third kappa shape index (κ3) is 2.05. The summed E-state index contributed by atoms with van der Waals surface area (Å²) in [4.78, 5) is 12.8. The SMILES string of the molecule is Cc1cc(-c2cnc3ccc(Cl)nc3c2)ccn1. The van der Waals surface area contributed by atoms with Gasteiger partial charge in [0.2, 0.25) is 0 Å². The first kappa shape index (κ1) is 11.1. The van der Waals surface area contributed by atoms with Gasteiger partial charge in [-0.3, -0.25) is 9.97 Å². The Balaban J connectivity index is 2.18. The van der Waals surface area contributed by atoms with Gasteiger partial charge in [0.25, 0.3) is 0 Å². The minimum atomic E-state index is 0.479. The Morgan fingerprint density at radius 1 is 0.944 bits per heavy atom. The Labute approximate surface area is 109 Å². The third-order valence-corrected chi connectivity index (χ3v) is 2.94. The summed E-state index contributed by atoms with van der Waals surface area (Å²) in [7, 11) is 0. The van der Waals surface area contributed by atoms with E-state index in [4.69, 9.17) is 11.6 Å². The van der Waals surface area contributed by atoms with Gasteiger partial charge in [-0.2, -0.15) is 0 Å². The monoisotopic (exact) mass is 255 g/mol. The van der Waals surface area contributed by atoms with Crippen LogP contribution >= 0.6 is 11.6 Å². The molecule has 0 amide bonds. The van der Waals surface area contributed by atoms with E-state index < -0.39 is 0 Å². The molecule has 0 saturated carbocycles. The maximum atomic E-state index is 5.89. The zero-order valence-corrected chi connectivity index (χ0v) is 10.5. The second-order valence-electron chi connectivity index (χ2n) is 4.08. The quantitative estimate of drug-likeness (QED) is 0.623. The normalized spacial score (nSPS) is 10.8. The van der Waals surface area contributed by atoms with E-state index in [1.54, 1.807) is 12.3 Å². The highest BCUT2D eigenvalue weighted by molar-refractivity contribution is 6.29. The first-order chi connectivity index (χ1) is 8.72. The van der Waals surface area contributed by atoms with E-state index in [0.29, 0.717) is 5.15 Å². The van der Waals surface area contributed by atoms with E-state index in [2.05, 4.69) is 15.0 Å². The second kappa shape index (κ2) is 4.35. The van der Waals surface area contributed by atoms with Gasteiger partial charge >= 0.3 is 0 Å². The molecule has 88 valence electrons. The molecule has 0 saturated heterocycles. The number of pyridine rings is 3. The van der Waals surface area contributed by atoms with Crippen LogP contribution in [0.5, 0.6) is 0 Å². The molecule has 3 rings (SSSR count). The lowest BCUT2D eigenvalue weighted by atomic mass is 10.1. The topological polar surface area (TPSA) is 38.7 Å². The van der Waals surface area contributed by atoms with Crippen molar-refractivity contribution in [1.82, 2.24) is 15.0 Å². The molecule has 0 fully saturated rings. The van der Waals surface area contributed by atoms with E-state index in [1.807, 2.05) is 37.4 Å². The van der Waals surface area contributed by atoms with Gasteiger partial charge in [-0.15, -0.1) is 0 Å². The van der Waals surface area contributed by atoms with Gasteiger partial charge in [-0.1, -0.05) is 11.6 Å². The molecule has 0 aromatic carbocycles. The summed E-state index contributed by atoms with van der Waals surface area (Å²) in [5, 5.41) is 0.479. The van der Waals surface area contributed by atoms with Gasteiger partial charge in [0.05, 0.1) is 11.0 Å². The second-order valence-corrected chi connectivity index (χ2v) is 4.47. The smallest absolute Gasteiger partial charge is 0.129 e. The number of rotatable bonds is 1. The molecular formula is C14H10ClN3. The van der Waals surface area contributed by atoms with Gasteiger partial charge < -0.3 is 0 Å². The van der Waals surface area contributed by atoms with Crippen molar-refractivity contribution in [3.63, 3.8) is 0 Å². The molecule has 0 unspecified atom stereocenters. The molecule has 0 spiro atoms. The average Bonchev–Trinajstić information content (AvgIpc) is 2.38. The summed E-state index contributed by atoms with van der Waals surface area (Å²) in [5.74, 6) is 0. The van der Waals surface area contributed by atoms with Gasteiger partial charge in [0, 0.05) is 23.7 Å². The maximum absolute atomic E-state index is 5.89. The fourth-order valence-corrected chi connectivity index (χ4v) is 2.02. The molecule has 0 aliphatic rings. The highest BCUT2D eigenvalue weighted by Gasteiger charge is 2.03. The van der Waals surface area contributed by atoms with E-state index in [1.165, 1.54) is 0 Å². The number of hydrogen-bond donors (Lipinski definition) is 0. The van der Waals surface area contributed by atoms with Crippen molar-refractivity contribution in [1.29, 1.82) is 0 Å². The molecule has 0 N–H and O–H groups in total. The molecule has 3 nitrogen and oxygen atoms in total. The lowest BCUT2D eigenvalue weighted by Gasteiger charge is -2.04. The summed E-state index contributed by atoms with van der Waals surface area (Å²) in [6.07, 6.45) is 3.63. The largest absolute Gasteiger partial charge is 0.262 e. The molecule has 0 bridgehead atoms. The van der Waals surface area contributed by atoms with Crippen LogP contribution in [0.2, 0.25) is 5.15 Å². The lowest BCUT2D eigenvalue weighted by molar-refractivity contribution is 1.20. The number of fused-ring (bicyclic) bond motifs is 1. The number of hydrogen-bond acceptors (Lipinski definition) is 3. The summed E-state index contributed by atoms with van der Waals surface area (Å²) >= 11 is 5.89. The van der Waals surface area contributed by atoms with E-state index in [0.717, 1.165) is 27.9 Å². The van der Waals surface area contributed by atoms with E-state index >= 15 is 0 Å². The Morgan fingerprint density at radius 2 is 1.83 bits per heavy atom. The minimum Gasteiger partial charge on any atom is -0.262 e. The standard InChI is InChI=1S/C14H10ClN3/c1-9-6-10(4-5-16-9)11-7-13-12(17-8-11)2-3-14(15)18-13/h2-8H,1H3. The van der Waals surface area contributed by atoms with Crippen molar-refractivity contribution in [2.24, 2.45) is 0 Å². The highest BCUT2D eigenvalue weighted by atomic mass is 35.5. The van der Waals surface area contributed by atoms with E-state index in [9.17, 15) is 0 Å².